The van der Waals surface area contributed by atoms with Crippen LogP contribution in [0.2, 0.25) is 0 Å². The summed E-state index contributed by atoms with van der Waals surface area (Å²) in [5.74, 6) is -1.03. The van der Waals surface area contributed by atoms with Crippen LogP contribution in [0.4, 0.5) is 0 Å². The van der Waals surface area contributed by atoms with Crippen molar-refractivity contribution < 1.29 is 9.59 Å². The predicted molar refractivity (Wildman–Crippen MR) is 93.8 cm³/mol. The summed E-state index contributed by atoms with van der Waals surface area (Å²) < 4.78 is 0. The summed E-state index contributed by atoms with van der Waals surface area (Å²) in [7, 11) is 0. The highest BCUT2D eigenvalue weighted by atomic mass is 16.2. The van der Waals surface area contributed by atoms with Crippen molar-refractivity contribution in [3.05, 3.63) is 60.2 Å². The minimum atomic E-state index is -0.374. The summed E-state index contributed by atoms with van der Waals surface area (Å²) in [5.41, 5.74) is 8.67. The van der Waals surface area contributed by atoms with Gasteiger partial charge in [0.05, 0.1) is 6.04 Å². The Morgan fingerprint density at radius 3 is 2.08 bits per heavy atom. The summed E-state index contributed by atoms with van der Waals surface area (Å²) in [5, 5.41) is 3.00. The molecule has 2 amide bonds. The van der Waals surface area contributed by atoms with E-state index in [4.69, 9.17) is 5.73 Å². The van der Waals surface area contributed by atoms with Gasteiger partial charge < -0.3 is 11.1 Å². The van der Waals surface area contributed by atoms with Crippen LogP contribution >= 0.6 is 0 Å². The van der Waals surface area contributed by atoms with Gasteiger partial charge >= 0.3 is 0 Å². The van der Waals surface area contributed by atoms with Gasteiger partial charge in [0.25, 0.3) is 0 Å². The fourth-order valence-corrected chi connectivity index (χ4v) is 3.15. The van der Waals surface area contributed by atoms with Crippen molar-refractivity contribution in [2.24, 2.45) is 17.6 Å². The lowest BCUT2D eigenvalue weighted by molar-refractivity contribution is -0.139. The first-order valence-electron chi connectivity index (χ1n) is 8.31. The molecule has 1 saturated carbocycles. The number of benzene rings is 2. The van der Waals surface area contributed by atoms with Gasteiger partial charge in [0.1, 0.15) is 0 Å². The first-order valence-corrected chi connectivity index (χ1v) is 8.31. The van der Waals surface area contributed by atoms with E-state index in [1.165, 1.54) is 5.56 Å². The van der Waals surface area contributed by atoms with Crippen LogP contribution in [0, 0.1) is 11.8 Å². The molecule has 0 aliphatic heterocycles. The molecule has 0 bridgehead atoms. The van der Waals surface area contributed by atoms with Crippen LogP contribution in [-0.2, 0) is 9.59 Å². The molecule has 4 nitrogen and oxygen atoms in total. The second-order valence-electron chi connectivity index (χ2n) is 6.41. The van der Waals surface area contributed by atoms with Crippen LogP contribution in [0.15, 0.2) is 54.6 Å². The lowest BCUT2D eigenvalue weighted by Gasteiger charge is -2.33. The number of primary amides is 1. The van der Waals surface area contributed by atoms with Gasteiger partial charge in [-0.2, -0.15) is 0 Å². The summed E-state index contributed by atoms with van der Waals surface area (Å²) in [6.45, 7) is 1.95. The average molecular weight is 322 g/mol. The van der Waals surface area contributed by atoms with E-state index >= 15 is 0 Å². The summed E-state index contributed by atoms with van der Waals surface area (Å²) >= 11 is 0. The first-order chi connectivity index (χ1) is 11.6. The standard InChI is InChI=1S/C20H22N2O2/c1-13(22-20(24)18-12-11-17(18)19(21)23)14-7-9-16(10-8-14)15-5-3-2-4-6-15/h2-10,13,17-18H,11-12H2,1H3,(H2,21,23)(H,22,24). The fourth-order valence-electron chi connectivity index (χ4n) is 3.15. The molecule has 0 saturated heterocycles. The normalized spacial score (nSPS) is 20.7. The highest BCUT2D eigenvalue weighted by Gasteiger charge is 2.40. The SMILES string of the molecule is CC(NC(=O)C1CCC1C(N)=O)c1ccc(-c2ccccc2)cc1. The zero-order valence-electron chi connectivity index (χ0n) is 13.7. The van der Waals surface area contributed by atoms with E-state index in [0.717, 1.165) is 17.5 Å². The lowest BCUT2D eigenvalue weighted by atomic mass is 9.72. The Morgan fingerprint density at radius 1 is 0.958 bits per heavy atom. The van der Waals surface area contributed by atoms with Crippen LogP contribution in [0.1, 0.15) is 31.4 Å². The monoisotopic (exact) mass is 322 g/mol. The number of rotatable bonds is 5. The van der Waals surface area contributed by atoms with E-state index in [1.54, 1.807) is 0 Å². The molecule has 0 spiro atoms. The van der Waals surface area contributed by atoms with Crippen LogP contribution in [0.3, 0.4) is 0 Å². The molecule has 2 aromatic rings. The van der Waals surface area contributed by atoms with Crippen molar-refractivity contribution in [2.45, 2.75) is 25.8 Å². The lowest BCUT2D eigenvalue weighted by Crippen LogP contribution is -2.46. The number of carbonyl (C=O) groups is 2. The Kier molecular flexibility index (Phi) is 4.65. The molecule has 3 N–H and O–H groups in total. The minimum absolute atomic E-state index is 0.0790. The molecular weight excluding hydrogens is 300 g/mol. The molecule has 3 unspecified atom stereocenters. The van der Waals surface area contributed by atoms with Crippen LogP contribution < -0.4 is 11.1 Å². The highest BCUT2D eigenvalue weighted by Crippen LogP contribution is 2.34. The third-order valence-corrected chi connectivity index (χ3v) is 4.85. The van der Waals surface area contributed by atoms with Gasteiger partial charge in [0.2, 0.25) is 11.8 Å². The van der Waals surface area contributed by atoms with Crippen molar-refractivity contribution in [3.8, 4) is 11.1 Å². The van der Waals surface area contributed by atoms with E-state index in [-0.39, 0.29) is 29.7 Å². The third kappa shape index (κ3) is 3.32. The third-order valence-electron chi connectivity index (χ3n) is 4.85. The van der Waals surface area contributed by atoms with Crippen molar-refractivity contribution in [2.75, 3.05) is 0 Å². The van der Waals surface area contributed by atoms with E-state index < -0.39 is 0 Å². The molecule has 1 aliphatic rings. The number of carbonyl (C=O) groups excluding carboxylic acids is 2. The first kappa shape index (κ1) is 16.2. The van der Waals surface area contributed by atoms with Gasteiger partial charge in [-0.3, -0.25) is 9.59 Å². The molecule has 0 aromatic heterocycles. The van der Waals surface area contributed by atoms with Crippen molar-refractivity contribution >= 4 is 11.8 Å². The maximum atomic E-state index is 12.3. The smallest absolute Gasteiger partial charge is 0.224 e. The zero-order chi connectivity index (χ0) is 17.1. The second kappa shape index (κ2) is 6.87. The Morgan fingerprint density at radius 2 is 1.54 bits per heavy atom. The van der Waals surface area contributed by atoms with Gasteiger partial charge in [0, 0.05) is 11.8 Å². The highest BCUT2D eigenvalue weighted by molar-refractivity contribution is 5.88. The van der Waals surface area contributed by atoms with Gasteiger partial charge in [-0.1, -0.05) is 54.6 Å². The maximum absolute atomic E-state index is 12.3. The van der Waals surface area contributed by atoms with Gasteiger partial charge in [0.15, 0.2) is 0 Å². The van der Waals surface area contributed by atoms with E-state index in [9.17, 15) is 9.59 Å². The van der Waals surface area contributed by atoms with Gasteiger partial charge in [-0.25, -0.2) is 0 Å². The summed E-state index contributed by atoms with van der Waals surface area (Å²) in [6, 6.07) is 18.2. The number of hydrogen-bond acceptors (Lipinski definition) is 2. The molecule has 2 aromatic carbocycles. The molecule has 124 valence electrons. The molecule has 4 heteroatoms. The van der Waals surface area contributed by atoms with Crippen LogP contribution in [-0.4, -0.2) is 11.8 Å². The molecule has 3 atom stereocenters. The molecule has 0 radical (unpaired) electrons. The second-order valence-corrected chi connectivity index (χ2v) is 6.41. The Bertz CT molecular complexity index is 725. The van der Waals surface area contributed by atoms with E-state index in [1.807, 2.05) is 37.3 Å². The zero-order valence-corrected chi connectivity index (χ0v) is 13.7. The fraction of sp³-hybridized carbons (Fsp3) is 0.300. The number of amides is 2. The topological polar surface area (TPSA) is 72.2 Å². The Balaban J connectivity index is 1.64. The van der Waals surface area contributed by atoms with Crippen molar-refractivity contribution in [3.63, 3.8) is 0 Å². The average Bonchev–Trinajstić information content (AvgIpc) is 2.54. The minimum Gasteiger partial charge on any atom is -0.369 e. The van der Waals surface area contributed by atoms with Crippen LogP contribution in [0.25, 0.3) is 11.1 Å². The van der Waals surface area contributed by atoms with E-state index in [0.29, 0.717) is 6.42 Å². The van der Waals surface area contributed by atoms with Crippen molar-refractivity contribution in [1.82, 2.24) is 5.32 Å². The number of nitrogens with one attached hydrogen (secondary N) is 1. The molecule has 1 aliphatic carbocycles. The maximum Gasteiger partial charge on any atom is 0.224 e. The Hall–Kier alpha value is -2.62. The predicted octanol–water partition coefficient (Wildman–Crippen LogP) is 3.04. The van der Waals surface area contributed by atoms with Crippen LogP contribution in [0.5, 0.6) is 0 Å². The van der Waals surface area contributed by atoms with E-state index in [2.05, 4.69) is 29.6 Å². The summed E-state index contributed by atoms with van der Waals surface area (Å²) in [4.78, 5) is 23.6. The quantitative estimate of drug-likeness (QED) is 0.888. The summed E-state index contributed by atoms with van der Waals surface area (Å²) in [6.07, 6.45) is 1.45. The number of nitrogens with two attached hydrogens (primary N) is 1. The largest absolute Gasteiger partial charge is 0.369 e. The molecule has 0 heterocycles. The van der Waals surface area contributed by atoms with Gasteiger partial charge in [-0.05, 0) is 36.5 Å². The van der Waals surface area contributed by atoms with Crippen molar-refractivity contribution in [1.29, 1.82) is 0 Å². The molecule has 3 rings (SSSR count). The molecule has 24 heavy (non-hydrogen) atoms. The van der Waals surface area contributed by atoms with Gasteiger partial charge in [-0.15, -0.1) is 0 Å². The Labute approximate surface area is 142 Å². The molecule has 1 fully saturated rings. The number of hydrogen-bond donors (Lipinski definition) is 2. The molecular formula is C20H22N2O2.